The lowest BCUT2D eigenvalue weighted by atomic mass is 9.85. The van der Waals surface area contributed by atoms with Gasteiger partial charge in [0.1, 0.15) is 17.3 Å². The van der Waals surface area contributed by atoms with Gasteiger partial charge in [0.05, 0.1) is 31.3 Å². The van der Waals surface area contributed by atoms with E-state index >= 15 is 0 Å². The predicted octanol–water partition coefficient (Wildman–Crippen LogP) is 3.91. The summed E-state index contributed by atoms with van der Waals surface area (Å²) in [4.78, 5) is 17.4. The van der Waals surface area contributed by atoms with Crippen LogP contribution < -0.4 is 14.8 Å². The third kappa shape index (κ3) is 3.85. The van der Waals surface area contributed by atoms with Gasteiger partial charge in [-0.15, -0.1) is 5.10 Å². The number of methoxy groups -OCH3 is 1. The summed E-state index contributed by atoms with van der Waals surface area (Å²) in [5.41, 5.74) is 4.15. The van der Waals surface area contributed by atoms with Crippen molar-refractivity contribution in [1.82, 2.24) is 25.0 Å². The summed E-state index contributed by atoms with van der Waals surface area (Å²) in [6.45, 7) is 4.40. The number of aryl methyl sites for hydroxylation is 1. The van der Waals surface area contributed by atoms with E-state index in [0.29, 0.717) is 24.5 Å². The van der Waals surface area contributed by atoms with Crippen LogP contribution in [0.25, 0.3) is 17.2 Å². The molecule has 0 radical (unpaired) electrons. The highest BCUT2D eigenvalue weighted by Gasteiger charge is 2.34. The van der Waals surface area contributed by atoms with Crippen LogP contribution >= 0.6 is 0 Å². The van der Waals surface area contributed by atoms with Crippen molar-refractivity contribution in [1.29, 1.82) is 0 Å². The van der Waals surface area contributed by atoms with Crippen LogP contribution in [-0.2, 0) is 4.79 Å². The molecule has 0 aliphatic carbocycles. The SMILES string of the molecule is CCOc1ccccc1[C@H]1CC(=O)Nc2c1c(C)nn2-c1nncc(-c2ccc(OC)cc2)n1. The number of fused-ring (bicyclic) bond motifs is 1. The average molecular weight is 457 g/mol. The number of para-hydroxylation sites is 1. The van der Waals surface area contributed by atoms with Crippen molar-refractivity contribution >= 4 is 11.7 Å². The molecule has 1 N–H and O–H groups in total. The highest BCUT2D eigenvalue weighted by Crippen LogP contribution is 2.42. The highest BCUT2D eigenvalue weighted by atomic mass is 16.5. The van der Waals surface area contributed by atoms with E-state index in [-0.39, 0.29) is 17.8 Å². The number of hydrogen-bond acceptors (Lipinski definition) is 7. The van der Waals surface area contributed by atoms with Gasteiger partial charge >= 0.3 is 0 Å². The van der Waals surface area contributed by atoms with E-state index in [1.807, 2.05) is 62.4 Å². The molecule has 2 aromatic carbocycles. The van der Waals surface area contributed by atoms with Crippen molar-refractivity contribution in [3.8, 4) is 28.7 Å². The van der Waals surface area contributed by atoms with Crippen molar-refractivity contribution in [2.75, 3.05) is 19.0 Å². The summed E-state index contributed by atoms with van der Waals surface area (Å²) >= 11 is 0. The largest absolute Gasteiger partial charge is 0.497 e. The van der Waals surface area contributed by atoms with Crippen molar-refractivity contribution in [3.05, 3.63) is 71.5 Å². The molecule has 172 valence electrons. The van der Waals surface area contributed by atoms with E-state index in [2.05, 4.69) is 25.6 Å². The number of rotatable bonds is 6. The van der Waals surface area contributed by atoms with E-state index in [1.165, 1.54) is 0 Å². The number of hydrogen-bond donors (Lipinski definition) is 1. The number of aromatic nitrogens is 5. The zero-order valence-electron chi connectivity index (χ0n) is 19.1. The Balaban J connectivity index is 1.59. The first-order valence-electron chi connectivity index (χ1n) is 11.0. The number of amides is 1. The van der Waals surface area contributed by atoms with Crippen molar-refractivity contribution < 1.29 is 14.3 Å². The third-order valence-corrected chi connectivity index (χ3v) is 5.82. The van der Waals surface area contributed by atoms with Crippen molar-refractivity contribution in [2.24, 2.45) is 0 Å². The van der Waals surface area contributed by atoms with Gasteiger partial charge in [0.15, 0.2) is 0 Å². The van der Waals surface area contributed by atoms with Crippen LogP contribution in [0.4, 0.5) is 5.82 Å². The van der Waals surface area contributed by atoms with E-state index in [1.54, 1.807) is 18.0 Å². The van der Waals surface area contributed by atoms with E-state index in [9.17, 15) is 4.79 Å². The lowest BCUT2D eigenvalue weighted by molar-refractivity contribution is -0.116. The van der Waals surface area contributed by atoms with Crippen LogP contribution in [0.15, 0.2) is 54.7 Å². The average Bonchev–Trinajstić information content (AvgIpc) is 3.20. The van der Waals surface area contributed by atoms with Crippen molar-refractivity contribution in [3.63, 3.8) is 0 Å². The van der Waals surface area contributed by atoms with Crippen molar-refractivity contribution in [2.45, 2.75) is 26.2 Å². The highest BCUT2D eigenvalue weighted by molar-refractivity contribution is 5.95. The van der Waals surface area contributed by atoms with Crippen LogP contribution in [-0.4, -0.2) is 44.6 Å². The Morgan fingerprint density at radius 1 is 1.15 bits per heavy atom. The molecule has 9 nitrogen and oxygen atoms in total. The van der Waals surface area contributed by atoms with Crippen LogP contribution in [0.3, 0.4) is 0 Å². The molecule has 3 heterocycles. The van der Waals surface area contributed by atoms with Gasteiger partial charge in [-0.25, -0.2) is 4.98 Å². The standard InChI is InChI=1S/C25H24N6O3/c1-4-34-21-8-6-5-7-18(21)19-13-22(32)28-24-23(19)15(2)30-31(24)25-27-20(14-26-29-25)16-9-11-17(33-3)12-10-16/h5-12,14,19H,4,13H2,1-3H3,(H,28,32)/t19-/m1/s1. The minimum absolute atomic E-state index is 0.107. The minimum Gasteiger partial charge on any atom is -0.497 e. The summed E-state index contributed by atoms with van der Waals surface area (Å²) < 4.78 is 12.6. The zero-order chi connectivity index (χ0) is 23.7. The van der Waals surface area contributed by atoms with Gasteiger partial charge in [0.2, 0.25) is 5.91 Å². The molecule has 9 heteroatoms. The maximum atomic E-state index is 12.8. The quantitative estimate of drug-likeness (QED) is 0.469. The first-order valence-corrected chi connectivity index (χ1v) is 11.0. The van der Waals surface area contributed by atoms with Gasteiger partial charge in [-0.1, -0.05) is 18.2 Å². The molecule has 1 aliphatic heterocycles. The second kappa shape index (κ2) is 8.93. The first-order chi connectivity index (χ1) is 16.6. The summed E-state index contributed by atoms with van der Waals surface area (Å²) in [6.07, 6.45) is 1.89. The maximum Gasteiger partial charge on any atom is 0.272 e. The molecule has 0 bridgehead atoms. The number of ether oxygens (including phenoxy) is 2. The van der Waals surface area contributed by atoms with Gasteiger partial charge in [-0.05, 0) is 44.2 Å². The Morgan fingerprint density at radius 3 is 2.71 bits per heavy atom. The molecule has 1 amide bonds. The fourth-order valence-corrected chi connectivity index (χ4v) is 4.30. The number of anilines is 1. The fraction of sp³-hybridized carbons (Fsp3) is 0.240. The Kier molecular flexibility index (Phi) is 5.67. The van der Waals surface area contributed by atoms with Crippen LogP contribution in [0.5, 0.6) is 11.5 Å². The molecular weight excluding hydrogens is 432 g/mol. The molecule has 0 spiro atoms. The molecule has 0 saturated carbocycles. The Bertz CT molecular complexity index is 1350. The normalized spacial score (nSPS) is 14.9. The molecule has 0 unspecified atom stereocenters. The Morgan fingerprint density at radius 2 is 1.94 bits per heavy atom. The second-order valence-corrected chi connectivity index (χ2v) is 7.91. The van der Waals surface area contributed by atoms with Gasteiger partial charge in [0.25, 0.3) is 5.95 Å². The Labute approximate surface area is 196 Å². The molecular formula is C25H24N6O3. The molecule has 2 aromatic heterocycles. The van der Waals surface area contributed by atoms with Gasteiger partial charge < -0.3 is 14.8 Å². The molecule has 0 fully saturated rings. The molecule has 1 aliphatic rings. The molecule has 34 heavy (non-hydrogen) atoms. The number of nitrogens with one attached hydrogen (secondary N) is 1. The molecule has 5 rings (SSSR count). The van der Waals surface area contributed by atoms with E-state index in [0.717, 1.165) is 33.9 Å². The molecule has 0 saturated heterocycles. The predicted molar refractivity (Wildman–Crippen MR) is 126 cm³/mol. The van der Waals surface area contributed by atoms with Gasteiger partial charge in [-0.3, -0.25) is 4.79 Å². The maximum absolute atomic E-state index is 12.8. The summed E-state index contributed by atoms with van der Waals surface area (Å²) in [7, 11) is 1.62. The Hall–Kier alpha value is -4.27. The van der Waals surface area contributed by atoms with Crippen LogP contribution in [0.2, 0.25) is 0 Å². The van der Waals surface area contributed by atoms with Crippen LogP contribution in [0.1, 0.15) is 36.1 Å². The second-order valence-electron chi connectivity index (χ2n) is 7.91. The van der Waals surface area contributed by atoms with Crippen LogP contribution in [0, 0.1) is 6.92 Å². The van der Waals surface area contributed by atoms with E-state index in [4.69, 9.17) is 9.47 Å². The summed E-state index contributed by atoms with van der Waals surface area (Å²) in [5, 5.41) is 16.0. The number of carbonyl (C=O) groups excluding carboxylic acids is 1. The minimum atomic E-state index is -0.196. The summed E-state index contributed by atoms with van der Waals surface area (Å²) in [5.74, 6) is 2.05. The number of nitrogens with zero attached hydrogens (tertiary/aromatic N) is 5. The lowest BCUT2D eigenvalue weighted by Gasteiger charge is -2.25. The van der Waals surface area contributed by atoms with E-state index < -0.39 is 0 Å². The topological polar surface area (TPSA) is 104 Å². The van der Waals surface area contributed by atoms with Gasteiger partial charge in [-0.2, -0.15) is 14.9 Å². The molecule has 1 atom stereocenters. The smallest absolute Gasteiger partial charge is 0.272 e. The third-order valence-electron chi connectivity index (χ3n) is 5.82. The fourth-order valence-electron chi connectivity index (χ4n) is 4.30. The molecule has 4 aromatic rings. The first kappa shape index (κ1) is 21.6. The van der Waals surface area contributed by atoms with Gasteiger partial charge in [0, 0.05) is 29.0 Å². The zero-order valence-corrected chi connectivity index (χ0v) is 19.1. The lowest BCUT2D eigenvalue weighted by Crippen LogP contribution is -2.25. The summed E-state index contributed by atoms with van der Waals surface area (Å²) in [6, 6.07) is 15.3. The number of carbonyl (C=O) groups is 1. The monoisotopic (exact) mass is 456 g/mol. The number of benzene rings is 2.